The van der Waals surface area contributed by atoms with Gasteiger partial charge in [0, 0.05) is 22.1 Å². The third-order valence-corrected chi connectivity index (χ3v) is 6.35. The molecule has 0 radical (unpaired) electrons. The molecule has 0 aliphatic rings. The maximum atomic E-state index is 5.72. The molecule has 0 saturated heterocycles. The molecule has 0 saturated carbocycles. The number of pyridine rings is 1. The van der Waals surface area contributed by atoms with E-state index >= 15 is 0 Å². The van der Waals surface area contributed by atoms with E-state index in [-0.39, 0.29) is 0 Å². The number of terminal acetylenes is 1. The Balaban J connectivity index is 1.97. The molecule has 24 heavy (non-hydrogen) atoms. The first-order valence-corrected chi connectivity index (χ1v) is 9.23. The molecule has 0 bridgehead atoms. The average Bonchev–Trinajstić information content (AvgIpc) is 3.14. The van der Waals surface area contributed by atoms with Gasteiger partial charge in [0.25, 0.3) is 0 Å². The normalized spacial score (nSPS) is 10.9. The van der Waals surface area contributed by atoms with E-state index in [1.54, 1.807) is 23.7 Å². The highest BCUT2D eigenvalue weighted by atomic mass is 79.9. The van der Waals surface area contributed by atoms with Gasteiger partial charge in [0.15, 0.2) is 0 Å². The van der Waals surface area contributed by atoms with Crippen LogP contribution in [0.15, 0.2) is 29.3 Å². The molecule has 0 atom stereocenters. The van der Waals surface area contributed by atoms with Gasteiger partial charge < -0.3 is 10.7 Å². The third kappa shape index (κ3) is 3.18. The molecule has 0 aliphatic heterocycles. The maximum Gasteiger partial charge on any atom is 0.116 e. The number of rotatable bonds is 6. The Morgan fingerprint density at radius 1 is 1.50 bits per heavy atom. The van der Waals surface area contributed by atoms with E-state index in [4.69, 9.17) is 12.2 Å². The topological polar surface area (TPSA) is 60.0 Å². The third-order valence-electron chi connectivity index (χ3n) is 3.89. The Kier molecular flexibility index (Phi) is 5.19. The summed E-state index contributed by atoms with van der Waals surface area (Å²) >= 11 is 5.24. The monoisotopic (exact) mass is 403 g/mol. The Labute approximate surface area is 153 Å². The van der Waals surface area contributed by atoms with E-state index in [0.29, 0.717) is 6.54 Å². The van der Waals surface area contributed by atoms with E-state index in [1.165, 1.54) is 10.4 Å². The summed E-state index contributed by atoms with van der Waals surface area (Å²) in [5.74, 6) is 2.74. The zero-order chi connectivity index (χ0) is 17.1. The van der Waals surface area contributed by atoms with Gasteiger partial charge in [-0.3, -0.25) is 4.98 Å². The fraction of sp³-hybridized carbons (Fsp3) is 0.294. The second-order valence-corrected chi connectivity index (χ2v) is 7.32. The Morgan fingerprint density at radius 3 is 3.04 bits per heavy atom. The number of halogens is 1. The minimum absolute atomic E-state index is 0.646. The maximum absolute atomic E-state index is 5.72. The summed E-state index contributed by atoms with van der Waals surface area (Å²) in [5, 5.41) is 2.24. The largest absolute Gasteiger partial charge is 0.330 e. The number of hydrogen-bond donors (Lipinski definition) is 1. The smallest absolute Gasteiger partial charge is 0.116 e. The predicted octanol–water partition coefficient (Wildman–Crippen LogP) is 3.03. The quantitative estimate of drug-likeness (QED) is 0.642. The van der Waals surface area contributed by atoms with Crippen LogP contribution < -0.4 is 10.7 Å². The molecule has 3 rings (SSSR count). The number of fused-ring (bicyclic) bond motifs is 1. The summed E-state index contributed by atoms with van der Waals surface area (Å²) in [6.45, 7) is 4.33. The molecule has 0 unspecified atom stereocenters. The summed E-state index contributed by atoms with van der Waals surface area (Å²) < 4.78 is 3.10. The van der Waals surface area contributed by atoms with E-state index in [2.05, 4.69) is 48.4 Å². The van der Waals surface area contributed by atoms with Crippen molar-refractivity contribution in [3.63, 3.8) is 0 Å². The minimum atomic E-state index is 0.646. The van der Waals surface area contributed by atoms with Crippen molar-refractivity contribution >= 4 is 38.3 Å². The van der Waals surface area contributed by atoms with Crippen LogP contribution in [0.3, 0.4) is 0 Å². The molecule has 0 aromatic carbocycles. The van der Waals surface area contributed by atoms with Gasteiger partial charge in [-0.25, -0.2) is 9.66 Å². The zero-order valence-electron chi connectivity index (χ0n) is 13.4. The zero-order valence-corrected chi connectivity index (χ0v) is 15.8. The SMILES string of the molecule is C#Cc1sc(CN(CCCN)n2cnc3cnccc32)c(C)c1Br. The van der Waals surface area contributed by atoms with Crippen molar-refractivity contribution < 1.29 is 0 Å². The number of imidazole rings is 1. The molecule has 2 N–H and O–H groups in total. The summed E-state index contributed by atoms with van der Waals surface area (Å²) in [4.78, 5) is 10.7. The van der Waals surface area contributed by atoms with Crippen LogP contribution in [0.4, 0.5) is 0 Å². The number of nitrogens with two attached hydrogens (primary N) is 1. The van der Waals surface area contributed by atoms with Crippen molar-refractivity contribution in [3.05, 3.63) is 44.6 Å². The second-order valence-electron chi connectivity index (χ2n) is 5.42. The van der Waals surface area contributed by atoms with Crippen molar-refractivity contribution in [3.8, 4) is 12.3 Å². The summed E-state index contributed by atoms with van der Waals surface area (Å²) in [6.07, 6.45) is 11.9. The van der Waals surface area contributed by atoms with Crippen LogP contribution >= 0.6 is 27.3 Å². The van der Waals surface area contributed by atoms with Crippen LogP contribution in [0.1, 0.15) is 21.7 Å². The van der Waals surface area contributed by atoms with Gasteiger partial charge in [0.2, 0.25) is 0 Å². The predicted molar refractivity (Wildman–Crippen MR) is 103 cm³/mol. The first-order chi connectivity index (χ1) is 11.7. The molecule has 7 heteroatoms. The molecule has 0 aliphatic carbocycles. The van der Waals surface area contributed by atoms with Crippen LogP contribution in [0.25, 0.3) is 11.0 Å². The van der Waals surface area contributed by atoms with Gasteiger partial charge in [-0.05, 0) is 47.4 Å². The average molecular weight is 404 g/mol. The minimum Gasteiger partial charge on any atom is -0.330 e. The first kappa shape index (κ1) is 17.0. The molecule has 124 valence electrons. The number of aromatic nitrogens is 3. The molecular weight excluding hydrogens is 386 g/mol. The van der Waals surface area contributed by atoms with Gasteiger partial charge in [0.05, 0.1) is 23.1 Å². The number of nitrogens with zero attached hydrogens (tertiary/aromatic N) is 4. The molecule has 0 spiro atoms. The van der Waals surface area contributed by atoms with Crippen LogP contribution in [0, 0.1) is 19.3 Å². The molecule has 0 amide bonds. The molecule has 3 aromatic rings. The van der Waals surface area contributed by atoms with Crippen molar-refractivity contribution in [1.82, 2.24) is 14.6 Å². The molecule has 5 nitrogen and oxygen atoms in total. The molecular formula is C17H18BrN5S. The Morgan fingerprint density at radius 2 is 2.33 bits per heavy atom. The van der Waals surface area contributed by atoms with E-state index < -0.39 is 0 Å². The Bertz CT molecular complexity index is 892. The van der Waals surface area contributed by atoms with E-state index in [0.717, 1.165) is 39.9 Å². The van der Waals surface area contributed by atoms with Crippen molar-refractivity contribution in [2.24, 2.45) is 5.73 Å². The molecule has 3 aromatic heterocycles. The lowest BCUT2D eigenvalue weighted by atomic mass is 10.2. The lowest BCUT2D eigenvalue weighted by Crippen LogP contribution is -2.35. The highest BCUT2D eigenvalue weighted by molar-refractivity contribution is 9.10. The standard InChI is InChI=1S/C17H18BrN5S/c1-3-15-17(18)12(2)16(24-15)10-22(8-4-6-19)23-11-21-13-9-20-7-5-14(13)23/h1,5,7,9,11H,4,6,8,10,19H2,2H3. The lowest BCUT2D eigenvalue weighted by Gasteiger charge is -2.26. The van der Waals surface area contributed by atoms with Gasteiger partial charge in [-0.2, -0.15) is 0 Å². The highest BCUT2D eigenvalue weighted by Gasteiger charge is 2.16. The first-order valence-electron chi connectivity index (χ1n) is 7.62. The van der Waals surface area contributed by atoms with Gasteiger partial charge >= 0.3 is 0 Å². The van der Waals surface area contributed by atoms with E-state index in [1.807, 2.05) is 12.4 Å². The summed E-state index contributed by atoms with van der Waals surface area (Å²) in [5.41, 5.74) is 8.83. The van der Waals surface area contributed by atoms with Crippen molar-refractivity contribution in [2.75, 3.05) is 18.1 Å². The summed E-state index contributed by atoms with van der Waals surface area (Å²) in [7, 11) is 0. The van der Waals surface area contributed by atoms with Crippen LogP contribution in [0.2, 0.25) is 0 Å². The number of thiophene rings is 1. The fourth-order valence-corrected chi connectivity index (χ4v) is 4.30. The number of hydrogen-bond acceptors (Lipinski definition) is 5. The van der Waals surface area contributed by atoms with Crippen LogP contribution in [0.5, 0.6) is 0 Å². The van der Waals surface area contributed by atoms with Gasteiger partial charge in [-0.1, -0.05) is 5.92 Å². The summed E-state index contributed by atoms with van der Waals surface area (Å²) in [6, 6.07) is 1.97. The fourth-order valence-electron chi connectivity index (χ4n) is 2.56. The van der Waals surface area contributed by atoms with Crippen LogP contribution in [-0.4, -0.2) is 27.7 Å². The van der Waals surface area contributed by atoms with Gasteiger partial charge in [-0.15, -0.1) is 17.8 Å². The lowest BCUT2D eigenvalue weighted by molar-refractivity contribution is 0.578. The molecule has 0 fully saturated rings. The van der Waals surface area contributed by atoms with Crippen molar-refractivity contribution in [2.45, 2.75) is 19.9 Å². The van der Waals surface area contributed by atoms with E-state index in [9.17, 15) is 0 Å². The van der Waals surface area contributed by atoms with Crippen molar-refractivity contribution in [1.29, 1.82) is 0 Å². The molecule has 3 heterocycles. The second kappa shape index (κ2) is 7.34. The van der Waals surface area contributed by atoms with Crippen LogP contribution in [-0.2, 0) is 6.54 Å². The van der Waals surface area contributed by atoms with Gasteiger partial charge in [0.1, 0.15) is 11.8 Å². The highest BCUT2D eigenvalue weighted by Crippen LogP contribution is 2.33. The Hall–Kier alpha value is -1.88.